The number of hydrogen-bond donors (Lipinski definition) is 2. The van der Waals surface area contributed by atoms with Crippen molar-refractivity contribution in [1.82, 2.24) is 4.72 Å². The Labute approximate surface area is 124 Å². The summed E-state index contributed by atoms with van der Waals surface area (Å²) < 4.78 is 27.1. The first-order valence-electron chi connectivity index (χ1n) is 6.80. The highest BCUT2D eigenvalue weighted by Crippen LogP contribution is 2.29. The van der Waals surface area contributed by atoms with Crippen LogP contribution < -0.4 is 9.62 Å². The number of carbonyl (C=O) groups is 1. The molecule has 0 fully saturated rings. The van der Waals surface area contributed by atoms with Crippen LogP contribution in [0.3, 0.4) is 0 Å². The topological polar surface area (TPSA) is 86.7 Å². The van der Waals surface area contributed by atoms with Crippen molar-refractivity contribution in [1.29, 1.82) is 0 Å². The fraction of sp³-hybridized carbons (Fsp3) is 0.500. The molecule has 1 heterocycles. The minimum atomic E-state index is -3.65. The summed E-state index contributed by atoms with van der Waals surface area (Å²) in [7, 11) is -1.98. The molecule has 0 spiro atoms. The van der Waals surface area contributed by atoms with Gasteiger partial charge in [-0.1, -0.05) is 0 Å². The van der Waals surface area contributed by atoms with Gasteiger partial charge >= 0.3 is 0 Å². The number of carbonyl (C=O) groups excluding carboxylic acids is 1. The molecule has 116 valence electrons. The maximum absolute atomic E-state index is 12.3. The molecule has 1 amide bonds. The Morgan fingerprint density at radius 2 is 2.05 bits per heavy atom. The number of likely N-dealkylation sites (N-methyl/N-ethyl adjacent to an activating group) is 1. The molecule has 0 saturated heterocycles. The minimum Gasteiger partial charge on any atom is -0.393 e. The van der Waals surface area contributed by atoms with Crippen molar-refractivity contribution in [2.45, 2.75) is 43.7 Å². The Kier molecular flexibility index (Phi) is 4.36. The van der Waals surface area contributed by atoms with Gasteiger partial charge in [-0.05, 0) is 44.0 Å². The third kappa shape index (κ3) is 3.42. The zero-order valence-electron chi connectivity index (χ0n) is 12.3. The maximum atomic E-state index is 12.3. The van der Waals surface area contributed by atoms with Crippen LogP contribution in [0.4, 0.5) is 5.69 Å². The van der Waals surface area contributed by atoms with Gasteiger partial charge in [0.15, 0.2) is 0 Å². The van der Waals surface area contributed by atoms with E-state index in [0.29, 0.717) is 12.0 Å². The van der Waals surface area contributed by atoms with Crippen LogP contribution in [0.15, 0.2) is 23.1 Å². The summed E-state index contributed by atoms with van der Waals surface area (Å²) in [5.74, 6) is -0.0463. The number of anilines is 1. The van der Waals surface area contributed by atoms with Crippen LogP contribution in [0.5, 0.6) is 0 Å². The average molecular weight is 312 g/mol. The van der Waals surface area contributed by atoms with Gasteiger partial charge in [0.05, 0.1) is 17.4 Å². The molecule has 0 aliphatic carbocycles. The summed E-state index contributed by atoms with van der Waals surface area (Å²) in [6, 6.07) is 4.31. The first kappa shape index (κ1) is 15.9. The van der Waals surface area contributed by atoms with E-state index >= 15 is 0 Å². The van der Waals surface area contributed by atoms with Crippen LogP contribution in [0.1, 0.15) is 25.8 Å². The van der Waals surface area contributed by atoms with Crippen molar-refractivity contribution >= 4 is 21.6 Å². The van der Waals surface area contributed by atoms with Crippen molar-refractivity contribution in [2.75, 3.05) is 11.9 Å². The quantitative estimate of drug-likeness (QED) is 0.835. The fourth-order valence-electron chi connectivity index (χ4n) is 2.51. The number of fused-ring (bicyclic) bond motifs is 1. The highest BCUT2D eigenvalue weighted by Gasteiger charge is 2.26. The third-order valence-electron chi connectivity index (χ3n) is 3.49. The van der Waals surface area contributed by atoms with Crippen LogP contribution >= 0.6 is 0 Å². The van der Waals surface area contributed by atoms with E-state index in [2.05, 4.69) is 4.72 Å². The van der Waals surface area contributed by atoms with Gasteiger partial charge in [-0.25, -0.2) is 13.1 Å². The number of nitrogens with one attached hydrogen (secondary N) is 1. The number of sulfonamides is 1. The lowest BCUT2D eigenvalue weighted by Gasteiger charge is -2.16. The first-order chi connectivity index (χ1) is 9.70. The normalized spacial score (nSPS) is 17.7. The molecule has 0 bridgehead atoms. The van der Waals surface area contributed by atoms with Crippen LogP contribution in [0.2, 0.25) is 0 Å². The Morgan fingerprint density at radius 3 is 2.67 bits per heavy atom. The molecule has 2 atom stereocenters. The number of aliphatic hydroxyl groups is 1. The van der Waals surface area contributed by atoms with E-state index in [0.717, 1.165) is 5.69 Å². The van der Waals surface area contributed by atoms with Crippen LogP contribution in [-0.2, 0) is 21.2 Å². The molecule has 2 rings (SSSR count). The van der Waals surface area contributed by atoms with Gasteiger partial charge in [0.2, 0.25) is 15.9 Å². The van der Waals surface area contributed by atoms with E-state index in [4.69, 9.17) is 0 Å². The SMILES string of the molecule is CC(O)CC(C)NS(=O)(=O)c1ccc2c(c1)CC(=O)N2C. The van der Waals surface area contributed by atoms with Crippen molar-refractivity contribution in [3.8, 4) is 0 Å². The molecule has 0 aromatic heterocycles. The van der Waals surface area contributed by atoms with E-state index < -0.39 is 16.1 Å². The van der Waals surface area contributed by atoms with Gasteiger partial charge in [0, 0.05) is 18.8 Å². The number of benzene rings is 1. The molecule has 21 heavy (non-hydrogen) atoms. The van der Waals surface area contributed by atoms with E-state index in [1.807, 2.05) is 0 Å². The molecule has 1 aromatic rings. The van der Waals surface area contributed by atoms with Crippen molar-refractivity contribution < 1.29 is 18.3 Å². The average Bonchev–Trinajstić information content (AvgIpc) is 2.63. The smallest absolute Gasteiger partial charge is 0.240 e. The van der Waals surface area contributed by atoms with Gasteiger partial charge in [-0.15, -0.1) is 0 Å². The van der Waals surface area contributed by atoms with Gasteiger partial charge in [-0.2, -0.15) is 0 Å². The predicted octanol–water partition coefficient (Wildman–Crippen LogP) is 0.643. The summed E-state index contributed by atoms with van der Waals surface area (Å²) in [4.78, 5) is 13.3. The summed E-state index contributed by atoms with van der Waals surface area (Å²) in [5, 5.41) is 9.30. The monoisotopic (exact) mass is 312 g/mol. The summed E-state index contributed by atoms with van der Waals surface area (Å²) in [5.41, 5.74) is 1.46. The first-order valence-corrected chi connectivity index (χ1v) is 8.29. The molecule has 6 nitrogen and oxygen atoms in total. The Hall–Kier alpha value is -1.44. The highest BCUT2D eigenvalue weighted by molar-refractivity contribution is 7.89. The summed E-state index contributed by atoms with van der Waals surface area (Å²) in [6.45, 7) is 3.32. The Balaban J connectivity index is 2.23. The summed E-state index contributed by atoms with van der Waals surface area (Å²) >= 11 is 0. The molecular weight excluding hydrogens is 292 g/mol. The lowest BCUT2D eigenvalue weighted by molar-refractivity contribution is -0.117. The zero-order valence-corrected chi connectivity index (χ0v) is 13.1. The molecule has 2 N–H and O–H groups in total. The highest BCUT2D eigenvalue weighted by atomic mass is 32.2. The lowest BCUT2D eigenvalue weighted by Crippen LogP contribution is -2.34. The predicted molar refractivity (Wildman–Crippen MR) is 79.6 cm³/mol. The second-order valence-electron chi connectivity index (χ2n) is 5.53. The van der Waals surface area contributed by atoms with E-state index in [1.54, 1.807) is 27.0 Å². The second-order valence-corrected chi connectivity index (χ2v) is 7.24. The van der Waals surface area contributed by atoms with Gasteiger partial charge in [0.1, 0.15) is 0 Å². The second kappa shape index (κ2) is 5.75. The maximum Gasteiger partial charge on any atom is 0.240 e. The van der Waals surface area contributed by atoms with Crippen molar-refractivity contribution in [2.24, 2.45) is 0 Å². The van der Waals surface area contributed by atoms with Gasteiger partial charge < -0.3 is 10.0 Å². The van der Waals surface area contributed by atoms with Gasteiger partial charge in [-0.3, -0.25) is 4.79 Å². The van der Waals surface area contributed by atoms with Crippen LogP contribution in [-0.4, -0.2) is 38.6 Å². The number of aliphatic hydroxyl groups excluding tert-OH is 1. The number of amides is 1. The van der Waals surface area contributed by atoms with Crippen LogP contribution in [0, 0.1) is 0 Å². The van der Waals surface area contributed by atoms with Crippen molar-refractivity contribution in [3.63, 3.8) is 0 Å². The van der Waals surface area contributed by atoms with E-state index in [1.165, 1.54) is 17.0 Å². The molecule has 0 saturated carbocycles. The lowest BCUT2D eigenvalue weighted by atomic mass is 10.2. The molecule has 0 radical (unpaired) electrons. The molecular formula is C14H20N2O4S. The molecule has 1 aliphatic rings. The third-order valence-corrected chi connectivity index (χ3v) is 5.08. The van der Waals surface area contributed by atoms with E-state index in [9.17, 15) is 18.3 Å². The number of hydrogen-bond acceptors (Lipinski definition) is 4. The van der Waals surface area contributed by atoms with Crippen LogP contribution in [0.25, 0.3) is 0 Å². The molecule has 7 heteroatoms. The van der Waals surface area contributed by atoms with E-state index in [-0.39, 0.29) is 23.3 Å². The largest absolute Gasteiger partial charge is 0.393 e. The number of nitrogens with zero attached hydrogens (tertiary/aromatic N) is 1. The molecule has 1 aliphatic heterocycles. The van der Waals surface area contributed by atoms with Gasteiger partial charge in [0.25, 0.3) is 0 Å². The minimum absolute atomic E-state index is 0.0463. The Morgan fingerprint density at radius 1 is 1.38 bits per heavy atom. The molecule has 2 unspecified atom stereocenters. The zero-order chi connectivity index (χ0) is 15.8. The standard InChI is InChI=1S/C14H20N2O4S/c1-9(6-10(2)17)15-21(19,20)12-4-5-13-11(7-12)8-14(18)16(13)3/h4-5,7,9-10,15,17H,6,8H2,1-3H3. The fourth-order valence-corrected chi connectivity index (χ4v) is 3.81. The number of rotatable bonds is 5. The molecule has 1 aromatic carbocycles. The summed E-state index contributed by atoms with van der Waals surface area (Å²) in [6.07, 6.45) is -0.0157. The Bertz CT molecular complexity index is 655. The van der Waals surface area contributed by atoms with Crippen molar-refractivity contribution in [3.05, 3.63) is 23.8 Å².